The fraction of sp³-hybridized carbons (Fsp3) is 0.364. The predicted molar refractivity (Wildman–Crippen MR) is 60.8 cm³/mol. The molecule has 0 aliphatic carbocycles. The molecule has 1 rings (SSSR count). The topological polar surface area (TPSA) is 95.3 Å². The lowest BCUT2D eigenvalue weighted by Gasteiger charge is -2.08. The van der Waals surface area contributed by atoms with E-state index in [1.165, 1.54) is 12.1 Å². The lowest BCUT2D eigenvalue weighted by atomic mass is 10.1. The van der Waals surface area contributed by atoms with Crippen LogP contribution in [0.1, 0.15) is 30.1 Å². The van der Waals surface area contributed by atoms with Crippen LogP contribution < -0.4 is 10.4 Å². The lowest BCUT2D eigenvalue weighted by Crippen LogP contribution is -2.22. The predicted octanol–water partition coefficient (Wildman–Crippen LogP) is 1.17. The Morgan fingerprint density at radius 3 is 2.71 bits per heavy atom. The molecule has 0 saturated heterocycles. The van der Waals surface area contributed by atoms with E-state index in [-0.39, 0.29) is 11.3 Å². The Bertz CT molecular complexity index is 431. The summed E-state index contributed by atoms with van der Waals surface area (Å²) in [6, 6.07) is 3.68. The van der Waals surface area contributed by atoms with Crippen LogP contribution in [0.15, 0.2) is 18.2 Å². The van der Waals surface area contributed by atoms with Crippen molar-refractivity contribution in [2.24, 2.45) is 0 Å². The summed E-state index contributed by atoms with van der Waals surface area (Å²) in [7, 11) is 0. The van der Waals surface area contributed by atoms with Crippen LogP contribution in [0.3, 0.4) is 0 Å². The number of carboxylic acids is 1. The van der Waals surface area contributed by atoms with Crippen molar-refractivity contribution in [3.63, 3.8) is 0 Å². The van der Waals surface area contributed by atoms with E-state index in [9.17, 15) is 20.0 Å². The third-order valence-corrected chi connectivity index (χ3v) is 2.28. The average molecular weight is 237 g/mol. The zero-order valence-corrected chi connectivity index (χ0v) is 9.43. The fourth-order valence-corrected chi connectivity index (χ4v) is 1.36. The molecule has 0 aliphatic heterocycles. The van der Waals surface area contributed by atoms with Gasteiger partial charge in [0, 0.05) is 18.2 Å². The van der Waals surface area contributed by atoms with Crippen molar-refractivity contribution >= 4 is 17.3 Å². The highest BCUT2D eigenvalue weighted by molar-refractivity contribution is 5.88. The number of anilines is 1. The Morgan fingerprint density at radius 1 is 1.47 bits per heavy atom. The van der Waals surface area contributed by atoms with Crippen molar-refractivity contribution < 1.29 is 14.8 Å². The highest BCUT2D eigenvalue weighted by Gasteiger charge is 2.14. The van der Waals surface area contributed by atoms with Crippen molar-refractivity contribution in [3.05, 3.63) is 33.9 Å². The minimum absolute atomic E-state index is 0.197. The molecule has 17 heavy (non-hydrogen) atoms. The number of nitrogens with zero attached hydrogens (tertiary/aromatic N) is 1. The number of nitrogens with one attached hydrogen (secondary N) is 1. The maximum Gasteiger partial charge on any atom is 0.292 e. The second kappa shape index (κ2) is 5.83. The van der Waals surface area contributed by atoms with Crippen molar-refractivity contribution in [1.82, 2.24) is 0 Å². The number of nitro groups is 1. The van der Waals surface area contributed by atoms with Crippen LogP contribution in [-0.4, -0.2) is 17.4 Å². The fourth-order valence-electron chi connectivity index (χ4n) is 1.36. The minimum atomic E-state index is -1.42. The molecule has 6 heteroatoms. The molecule has 0 aliphatic rings. The summed E-state index contributed by atoms with van der Waals surface area (Å²) in [5, 5.41) is 24.3. The third kappa shape index (κ3) is 3.44. The van der Waals surface area contributed by atoms with Gasteiger partial charge >= 0.3 is 0 Å². The van der Waals surface area contributed by atoms with Crippen LogP contribution in [0.2, 0.25) is 0 Å². The van der Waals surface area contributed by atoms with Gasteiger partial charge in [0.1, 0.15) is 5.69 Å². The number of aromatic carboxylic acids is 1. The number of hydrogen-bond donors (Lipinski definition) is 1. The van der Waals surface area contributed by atoms with Gasteiger partial charge in [-0.05, 0) is 12.5 Å². The van der Waals surface area contributed by atoms with Crippen LogP contribution in [0.25, 0.3) is 0 Å². The van der Waals surface area contributed by atoms with E-state index in [2.05, 4.69) is 5.32 Å². The van der Waals surface area contributed by atoms with Gasteiger partial charge in [0.15, 0.2) is 0 Å². The van der Waals surface area contributed by atoms with E-state index in [1.54, 1.807) is 0 Å². The number of carbonyl (C=O) groups is 1. The number of carboxylic acid groups (broad SMARTS) is 1. The number of hydrogen-bond acceptors (Lipinski definition) is 5. The van der Waals surface area contributed by atoms with Gasteiger partial charge in [-0.15, -0.1) is 0 Å². The van der Waals surface area contributed by atoms with Gasteiger partial charge in [0.05, 0.1) is 10.9 Å². The van der Waals surface area contributed by atoms with Crippen LogP contribution >= 0.6 is 0 Å². The Kier molecular flexibility index (Phi) is 4.45. The second-order valence-electron chi connectivity index (χ2n) is 3.56. The normalized spacial score (nSPS) is 9.94. The smallest absolute Gasteiger partial charge is 0.292 e. The largest absolute Gasteiger partial charge is 0.545 e. The van der Waals surface area contributed by atoms with Gasteiger partial charge in [-0.3, -0.25) is 10.1 Å². The van der Waals surface area contributed by atoms with Crippen molar-refractivity contribution in [3.8, 4) is 0 Å². The van der Waals surface area contributed by atoms with Gasteiger partial charge in [0.2, 0.25) is 0 Å². The SMILES string of the molecule is CCCCNc1ccc(C(=O)[O-])cc1[N+](=O)[O-]. The van der Waals surface area contributed by atoms with Crippen molar-refractivity contribution in [2.45, 2.75) is 19.8 Å². The monoisotopic (exact) mass is 237 g/mol. The zero-order chi connectivity index (χ0) is 12.8. The Balaban J connectivity index is 2.96. The lowest BCUT2D eigenvalue weighted by molar-refractivity contribution is -0.384. The number of unbranched alkanes of at least 4 members (excludes halogenated alkanes) is 1. The third-order valence-electron chi connectivity index (χ3n) is 2.28. The molecule has 1 aromatic carbocycles. The molecular formula is C11H13N2O4-. The van der Waals surface area contributed by atoms with Gasteiger partial charge in [-0.2, -0.15) is 0 Å². The highest BCUT2D eigenvalue weighted by Crippen LogP contribution is 2.25. The number of nitro benzene ring substituents is 1. The molecule has 0 heterocycles. The Hall–Kier alpha value is -2.11. The van der Waals surface area contributed by atoms with Crippen LogP contribution in [0.5, 0.6) is 0 Å². The van der Waals surface area contributed by atoms with Crippen LogP contribution in [0.4, 0.5) is 11.4 Å². The standard InChI is InChI=1S/C11H14N2O4/c1-2-3-6-12-9-5-4-8(11(14)15)7-10(9)13(16)17/h4-5,7,12H,2-3,6H2,1H3,(H,14,15)/p-1. The van der Waals surface area contributed by atoms with E-state index < -0.39 is 10.9 Å². The van der Waals surface area contributed by atoms with E-state index in [0.717, 1.165) is 18.9 Å². The maximum absolute atomic E-state index is 10.8. The summed E-state index contributed by atoms with van der Waals surface area (Å²) in [6.07, 6.45) is 1.86. The molecule has 1 aromatic rings. The summed E-state index contributed by atoms with van der Waals surface area (Å²) in [4.78, 5) is 20.8. The zero-order valence-electron chi connectivity index (χ0n) is 9.43. The van der Waals surface area contributed by atoms with Gasteiger partial charge in [-0.1, -0.05) is 19.4 Å². The highest BCUT2D eigenvalue weighted by atomic mass is 16.6. The summed E-state index contributed by atoms with van der Waals surface area (Å²) in [5.74, 6) is -1.42. The molecule has 1 N–H and O–H groups in total. The van der Waals surface area contributed by atoms with Gasteiger partial charge in [-0.25, -0.2) is 0 Å². The van der Waals surface area contributed by atoms with E-state index >= 15 is 0 Å². The maximum atomic E-state index is 10.8. The molecule has 92 valence electrons. The molecule has 0 amide bonds. The first-order valence-electron chi connectivity index (χ1n) is 5.30. The molecule has 0 aromatic heterocycles. The number of benzene rings is 1. The molecule has 0 unspecified atom stereocenters. The van der Waals surface area contributed by atoms with Crippen LogP contribution in [0, 0.1) is 10.1 Å². The van der Waals surface area contributed by atoms with Crippen LogP contribution in [-0.2, 0) is 0 Å². The molecule has 6 nitrogen and oxygen atoms in total. The summed E-state index contributed by atoms with van der Waals surface area (Å²) < 4.78 is 0. The Labute approximate surface area is 98.4 Å². The minimum Gasteiger partial charge on any atom is -0.545 e. The molecule has 0 bridgehead atoms. The van der Waals surface area contributed by atoms with Gasteiger partial charge < -0.3 is 15.2 Å². The molecule has 0 spiro atoms. The van der Waals surface area contributed by atoms with Crippen molar-refractivity contribution in [1.29, 1.82) is 0 Å². The quantitative estimate of drug-likeness (QED) is 0.455. The molecule has 0 saturated carbocycles. The summed E-state index contributed by atoms with van der Waals surface area (Å²) in [5.41, 5.74) is -0.117. The first kappa shape index (κ1) is 13.0. The van der Waals surface area contributed by atoms with E-state index in [0.29, 0.717) is 12.2 Å². The van der Waals surface area contributed by atoms with E-state index in [1.807, 2.05) is 6.92 Å². The summed E-state index contributed by atoms with van der Waals surface area (Å²) >= 11 is 0. The molecule has 0 fully saturated rings. The molecule has 0 radical (unpaired) electrons. The van der Waals surface area contributed by atoms with E-state index in [4.69, 9.17) is 0 Å². The molecular weight excluding hydrogens is 224 g/mol. The first-order chi connectivity index (χ1) is 8.06. The number of carbonyl (C=O) groups excluding carboxylic acids is 1. The van der Waals surface area contributed by atoms with Crippen molar-refractivity contribution in [2.75, 3.05) is 11.9 Å². The van der Waals surface area contributed by atoms with Gasteiger partial charge in [0.25, 0.3) is 5.69 Å². The average Bonchev–Trinajstić information content (AvgIpc) is 2.29. The number of rotatable bonds is 6. The molecule has 0 atom stereocenters. The summed E-state index contributed by atoms with van der Waals surface area (Å²) in [6.45, 7) is 2.62. The first-order valence-corrected chi connectivity index (χ1v) is 5.30. The second-order valence-corrected chi connectivity index (χ2v) is 3.56. The Morgan fingerprint density at radius 2 is 2.18 bits per heavy atom.